The zero-order valence-corrected chi connectivity index (χ0v) is 15.6. The van der Waals surface area contributed by atoms with Gasteiger partial charge in [-0.05, 0) is 55.1 Å². The minimum absolute atomic E-state index is 0.233. The lowest BCUT2D eigenvalue weighted by Gasteiger charge is -2.11. The summed E-state index contributed by atoms with van der Waals surface area (Å²) in [6.45, 7) is 2.00. The molecule has 0 unspecified atom stereocenters. The highest BCUT2D eigenvalue weighted by Crippen LogP contribution is 2.32. The minimum atomic E-state index is -0.377. The summed E-state index contributed by atoms with van der Waals surface area (Å²) in [5.74, 6) is 0.0176. The molecule has 0 saturated heterocycles. The first kappa shape index (κ1) is 17.8. The van der Waals surface area contributed by atoms with E-state index >= 15 is 0 Å². The Morgan fingerprint density at radius 1 is 0.929 bits per heavy atom. The molecule has 0 radical (unpaired) electrons. The third kappa shape index (κ3) is 3.48. The van der Waals surface area contributed by atoms with E-state index in [4.69, 9.17) is 5.26 Å². The van der Waals surface area contributed by atoms with Crippen LogP contribution < -0.4 is 0 Å². The summed E-state index contributed by atoms with van der Waals surface area (Å²) in [6.07, 6.45) is 0. The average molecular weight is 388 g/mol. The van der Waals surface area contributed by atoms with Crippen LogP contribution in [0.3, 0.4) is 0 Å². The number of halogens is 1. The van der Waals surface area contributed by atoms with Crippen molar-refractivity contribution in [3.63, 3.8) is 0 Å². The second-order valence-corrected chi connectivity index (χ2v) is 6.92. The van der Waals surface area contributed by atoms with E-state index in [0.29, 0.717) is 21.6 Å². The number of benzene rings is 2. The molecule has 0 amide bonds. The number of hydrogen-bond acceptors (Lipinski definition) is 6. The van der Waals surface area contributed by atoms with Crippen LogP contribution in [0.25, 0.3) is 17.1 Å². The van der Waals surface area contributed by atoms with Gasteiger partial charge in [-0.15, -0.1) is 20.4 Å². The third-order valence-electron chi connectivity index (χ3n) is 3.99. The molecule has 2 aromatic heterocycles. The van der Waals surface area contributed by atoms with E-state index in [-0.39, 0.29) is 11.5 Å². The Bertz CT molecular complexity index is 1160. The zero-order chi connectivity index (χ0) is 19.5. The van der Waals surface area contributed by atoms with E-state index in [1.165, 1.54) is 17.8 Å². The summed E-state index contributed by atoms with van der Waals surface area (Å²) in [5.41, 5.74) is 2.50. The Labute approximate surface area is 164 Å². The summed E-state index contributed by atoms with van der Waals surface area (Å²) in [4.78, 5) is 0. The molecule has 8 heteroatoms. The number of rotatable bonds is 4. The number of hydrogen-bond donors (Lipinski definition) is 0. The molecule has 0 saturated carbocycles. The number of nitriles is 1. The van der Waals surface area contributed by atoms with Crippen LogP contribution in [-0.4, -0.2) is 25.0 Å². The van der Waals surface area contributed by atoms with Crippen molar-refractivity contribution in [3.8, 4) is 23.1 Å². The van der Waals surface area contributed by atoms with Gasteiger partial charge >= 0.3 is 0 Å². The monoisotopic (exact) mass is 388 g/mol. The van der Waals surface area contributed by atoms with Crippen LogP contribution in [0.15, 0.2) is 70.8 Å². The van der Waals surface area contributed by atoms with Crippen molar-refractivity contribution in [3.05, 3.63) is 77.7 Å². The van der Waals surface area contributed by atoms with Crippen molar-refractivity contribution in [1.82, 2.24) is 25.0 Å². The van der Waals surface area contributed by atoms with Gasteiger partial charge < -0.3 is 0 Å². The first-order valence-corrected chi connectivity index (χ1v) is 9.16. The molecule has 2 aromatic carbocycles. The standard InChI is InChI=1S/C20H13FN6S/c1-13-6-9-15(10-7-13)27-19(16-4-2-3-5-17(16)21)25-26-20(27)28-18-11-8-14(12-22)23-24-18/h2-11H,1H3. The Hall–Kier alpha value is -3.57. The Morgan fingerprint density at radius 2 is 1.71 bits per heavy atom. The molecular formula is C20H13FN6S. The summed E-state index contributed by atoms with van der Waals surface area (Å²) < 4.78 is 16.2. The molecule has 4 aromatic rings. The molecule has 2 heterocycles. The van der Waals surface area contributed by atoms with Gasteiger partial charge in [-0.2, -0.15) is 5.26 Å². The molecule has 0 bridgehead atoms. The van der Waals surface area contributed by atoms with Crippen LogP contribution >= 0.6 is 11.8 Å². The fourth-order valence-electron chi connectivity index (χ4n) is 2.61. The highest BCUT2D eigenvalue weighted by Gasteiger charge is 2.19. The maximum atomic E-state index is 14.4. The van der Waals surface area contributed by atoms with E-state index in [0.717, 1.165) is 11.3 Å². The van der Waals surface area contributed by atoms with Crippen LogP contribution in [0.2, 0.25) is 0 Å². The van der Waals surface area contributed by atoms with E-state index < -0.39 is 0 Å². The molecule has 6 nitrogen and oxygen atoms in total. The van der Waals surface area contributed by atoms with Gasteiger partial charge in [0.15, 0.2) is 11.5 Å². The first-order valence-electron chi connectivity index (χ1n) is 8.35. The first-order chi connectivity index (χ1) is 13.7. The molecular weight excluding hydrogens is 375 g/mol. The van der Waals surface area contributed by atoms with Crippen LogP contribution in [-0.2, 0) is 0 Å². The SMILES string of the molecule is Cc1ccc(-n2c(Sc3ccc(C#N)nn3)nnc2-c2ccccc2F)cc1. The maximum Gasteiger partial charge on any atom is 0.202 e. The van der Waals surface area contributed by atoms with Gasteiger partial charge in [0.2, 0.25) is 5.16 Å². The number of aromatic nitrogens is 5. The van der Waals surface area contributed by atoms with Gasteiger partial charge in [-0.3, -0.25) is 4.57 Å². The van der Waals surface area contributed by atoms with Crippen molar-refractivity contribution in [2.24, 2.45) is 0 Å². The summed E-state index contributed by atoms with van der Waals surface area (Å²) in [6, 6.07) is 19.4. The topological polar surface area (TPSA) is 80.3 Å². The molecule has 0 atom stereocenters. The Kier molecular flexibility index (Phi) is 4.83. The highest BCUT2D eigenvalue weighted by molar-refractivity contribution is 7.99. The van der Waals surface area contributed by atoms with Crippen LogP contribution in [0.4, 0.5) is 4.39 Å². The van der Waals surface area contributed by atoms with Crippen molar-refractivity contribution < 1.29 is 4.39 Å². The predicted octanol–water partition coefficient (Wildman–Crippen LogP) is 4.19. The summed E-state index contributed by atoms with van der Waals surface area (Å²) in [5, 5.41) is 26.3. The zero-order valence-electron chi connectivity index (χ0n) is 14.7. The molecule has 4 rings (SSSR count). The van der Waals surface area contributed by atoms with E-state index in [9.17, 15) is 4.39 Å². The van der Waals surface area contributed by atoms with Crippen molar-refractivity contribution in [1.29, 1.82) is 5.26 Å². The van der Waals surface area contributed by atoms with Crippen molar-refractivity contribution >= 4 is 11.8 Å². The summed E-state index contributed by atoms with van der Waals surface area (Å²) >= 11 is 1.24. The fraction of sp³-hybridized carbons (Fsp3) is 0.0500. The lowest BCUT2D eigenvalue weighted by molar-refractivity contribution is 0.629. The minimum Gasteiger partial charge on any atom is -0.270 e. The van der Waals surface area contributed by atoms with Gasteiger partial charge in [0, 0.05) is 5.69 Å². The molecule has 0 fully saturated rings. The van der Waals surface area contributed by atoms with E-state index in [1.807, 2.05) is 37.3 Å². The van der Waals surface area contributed by atoms with Crippen molar-refractivity contribution in [2.45, 2.75) is 17.1 Å². The maximum absolute atomic E-state index is 14.4. The second-order valence-electron chi connectivity index (χ2n) is 5.93. The molecule has 0 aliphatic rings. The van der Waals surface area contributed by atoms with Crippen LogP contribution in [0.1, 0.15) is 11.3 Å². The smallest absolute Gasteiger partial charge is 0.202 e. The van der Waals surface area contributed by atoms with E-state index in [2.05, 4.69) is 20.4 Å². The predicted molar refractivity (Wildman–Crippen MR) is 102 cm³/mol. The van der Waals surface area contributed by atoms with Gasteiger partial charge in [0.05, 0.1) is 5.56 Å². The van der Waals surface area contributed by atoms with Crippen LogP contribution in [0, 0.1) is 24.1 Å². The lowest BCUT2D eigenvalue weighted by Crippen LogP contribution is -2.01. The van der Waals surface area contributed by atoms with Crippen molar-refractivity contribution in [2.75, 3.05) is 0 Å². The number of aryl methyl sites for hydroxylation is 1. The molecule has 0 aliphatic carbocycles. The lowest BCUT2D eigenvalue weighted by atomic mass is 10.2. The van der Waals surface area contributed by atoms with Gasteiger partial charge in [-0.1, -0.05) is 29.8 Å². The van der Waals surface area contributed by atoms with Crippen LogP contribution in [0.5, 0.6) is 0 Å². The Morgan fingerprint density at radius 3 is 2.39 bits per heavy atom. The van der Waals surface area contributed by atoms with E-state index in [1.54, 1.807) is 34.9 Å². The molecule has 136 valence electrons. The van der Waals surface area contributed by atoms with Gasteiger partial charge in [0.1, 0.15) is 16.9 Å². The summed E-state index contributed by atoms with van der Waals surface area (Å²) in [7, 11) is 0. The molecule has 28 heavy (non-hydrogen) atoms. The molecule has 0 aliphatic heterocycles. The highest BCUT2D eigenvalue weighted by atomic mass is 32.2. The van der Waals surface area contributed by atoms with Gasteiger partial charge in [-0.25, -0.2) is 4.39 Å². The Balaban J connectivity index is 1.83. The fourth-order valence-corrected chi connectivity index (χ4v) is 3.38. The largest absolute Gasteiger partial charge is 0.270 e. The molecule has 0 N–H and O–H groups in total. The third-order valence-corrected chi connectivity index (χ3v) is 4.86. The van der Waals surface area contributed by atoms with Gasteiger partial charge in [0.25, 0.3) is 0 Å². The number of nitrogens with zero attached hydrogens (tertiary/aromatic N) is 6. The second kappa shape index (κ2) is 7.58. The quantitative estimate of drug-likeness (QED) is 0.521. The normalized spacial score (nSPS) is 10.6. The molecule has 0 spiro atoms. The average Bonchev–Trinajstić information content (AvgIpc) is 3.13.